The Hall–Kier alpha value is -2.46. The molecular formula is C27H28O3. The molecule has 3 aliphatic rings. The van der Waals surface area contributed by atoms with Crippen LogP contribution >= 0.6 is 0 Å². The molecule has 0 spiro atoms. The van der Waals surface area contributed by atoms with Gasteiger partial charge in [0.25, 0.3) is 5.97 Å². The molecule has 30 heavy (non-hydrogen) atoms. The van der Waals surface area contributed by atoms with Crippen LogP contribution in [0.1, 0.15) is 65.8 Å². The van der Waals surface area contributed by atoms with Gasteiger partial charge in [0.15, 0.2) is 0 Å². The van der Waals surface area contributed by atoms with Gasteiger partial charge in [-0.05, 0) is 70.2 Å². The van der Waals surface area contributed by atoms with Gasteiger partial charge in [-0.15, -0.1) is 0 Å². The minimum Gasteiger partial charge on any atom is -0.343 e. The number of fused-ring (bicyclic) bond motifs is 1. The van der Waals surface area contributed by atoms with Crippen LogP contribution in [-0.2, 0) is 6.42 Å². The van der Waals surface area contributed by atoms with E-state index in [9.17, 15) is 15.3 Å². The number of rotatable bonds is 5. The summed E-state index contributed by atoms with van der Waals surface area (Å²) < 4.78 is 0. The molecule has 3 aliphatic carbocycles. The Morgan fingerprint density at radius 1 is 0.933 bits per heavy atom. The third-order valence-corrected chi connectivity index (χ3v) is 6.78. The van der Waals surface area contributed by atoms with Crippen molar-refractivity contribution in [1.82, 2.24) is 0 Å². The highest BCUT2D eigenvalue weighted by Gasteiger charge is 2.28. The first-order valence-electron chi connectivity index (χ1n) is 11.0. The van der Waals surface area contributed by atoms with Crippen molar-refractivity contribution < 1.29 is 15.3 Å². The van der Waals surface area contributed by atoms with Crippen LogP contribution in [0.5, 0.6) is 0 Å². The Labute approximate surface area is 177 Å². The van der Waals surface area contributed by atoms with E-state index in [1.807, 2.05) is 18.2 Å². The number of aliphatic hydroxyl groups is 3. The van der Waals surface area contributed by atoms with Crippen LogP contribution in [-0.4, -0.2) is 21.3 Å². The van der Waals surface area contributed by atoms with Crippen LogP contribution in [0.2, 0.25) is 0 Å². The minimum absolute atomic E-state index is 0.215. The third-order valence-electron chi connectivity index (χ3n) is 6.78. The van der Waals surface area contributed by atoms with Crippen LogP contribution in [0.4, 0.5) is 0 Å². The first-order valence-corrected chi connectivity index (χ1v) is 11.0. The molecule has 2 aromatic rings. The molecule has 0 heterocycles. The topological polar surface area (TPSA) is 60.7 Å². The Bertz CT molecular complexity index is 1050. The van der Waals surface area contributed by atoms with Crippen LogP contribution < -0.4 is 0 Å². The summed E-state index contributed by atoms with van der Waals surface area (Å²) in [5, 5.41) is 27.8. The van der Waals surface area contributed by atoms with Crippen LogP contribution in [0.25, 0.3) is 17.2 Å². The third kappa shape index (κ3) is 3.93. The zero-order valence-electron chi connectivity index (χ0n) is 17.1. The largest absolute Gasteiger partial charge is 0.343 e. The predicted octanol–water partition coefficient (Wildman–Crippen LogP) is 5.03. The van der Waals surface area contributed by atoms with Crippen molar-refractivity contribution in [2.75, 3.05) is 0 Å². The summed E-state index contributed by atoms with van der Waals surface area (Å²) in [7, 11) is 0. The Morgan fingerprint density at radius 3 is 2.57 bits per heavy atom. The summed E-state index contributed by atoms with van der Waals surface area (Å²) in [6, 6.07) is 14.5. The van der Waals surface area contributed by atoms with Crippen molar-refractivity contribution in [2.24, 2.45) is 5.92 Å². The Balaban J connectivity index is 1.36. The van der Waals surface area contributed by atoms with Gasteiger partial charge in [-0.2, -0.15) is 0 Å². The van der Waals surface area contributed by atoms with E-state index in [4.69, 9.17) is 0 Å². The Kier molecular flexibility index (Phi) is 4.98. The highest BCUT2D eigenvalue weighted by Crippen LogP contribution is 2.44. The second kappa shape index (κ2) is 7.66. The number of benzene rings is 2. The highest BCUT2D eigenvalue weighted by molar-refractivity contribution is 5.90. The molecule has 0 aromatic heterocycles. The second-order valence-corrected chi connectivity index (χ2v) is 8.96. The van der Waals surface area contributed by atoms with Crippen molar-refractivity contribution in [3.8, 4) is 0 Å². The molecule has 3 heteroatoms. The van der Waals surface area contributed by atoms with Crippen LogP contribution in [0.15, 0.2) is 60.7 Å². The van der Waals surface area contributed by atoms with Gasteiger partial charge < -0.3 is 15.3 Å². The summed E-state index contributed by atoms with van der Waals surface area (Å²) in [5.41, 5.74) is 8.26. The van der Waals surface area contributed by atoms with Gasteiger partial charge in [-0.1, -0.05) is 73.5 Å². The van der Waals surface area contributed by atoms with E-state index in [1.165, 1.54) is 53.5 Å². The number of hydrogen-bond acceptors (Lipinski definition) is 3. The van der Waals surface area contributed by atoms with E-state index in [0.29, 0.717) is 11.5 Å². The molecule has 5 rings (SSSR count). The Morgan fingerprint density at radius 2 is 1.77 bits per heavy atom. The molecule has 0 amide bonds. The average Bonchev–Trinajstić information content (AvgIpc) is 3.45. The molecule has 0 saturated heterocycles. The van der Waals surface area contributed by atoms with Gasteiger partial charge in [-0.3, -0.25) is 0 Å². The SMILES string of the molecule is OC(O)(O)Cc1cccc(C2=CC(c3ccc4c(c3)C=CC4C3CCCC3)=CC2)c1. The molecule has 3 nitrogen and oxygen atoms in total. The second-order valence-electron chi connectivity index (χ2n) is 8.96. The van der Waals surface area contributed by atoms with Gasteiger partial charge in [-0.25, -0.2) is 0 Å². The fourth-order valence-electron chi connectivity index (χ4n) is 5.32. The molecular weight excluding hydrogens is 372 g/mol. The van der Waals surface area contributed by atoms with Crippen molar-refractivity contribution in [3.05, 3.63) is 88.5 Å². The van der Waals surface area contributed by atoms with E-state index in [-0.39, 0.29) is 6.42 Å². The molecule has 0 bridgehead atoms. The molecule has 0 aliphatic heterocycles. The lowest BCUT2D eigenvalue weighted by atomic mass is 9.86. The maximum Gasteiger partial charge on any atom is 0.279 e. The van der Waals surface area contributed by atoms with Crippen molar-refractivity contribution in [3.63, 3.8) is 0 Å². The highest BCUT2D eigenvalue weighted by atomic mass is 16.7. The van der Waals surface area contributed by atoms with Gasteiger partial charge in [0.05, 0.1) is 6.42 Å². The molecule has 3 N–H and O–H groups in total. The molecule has 1 saturated carbocycles. The summed E-state index contributed by atoms with van der Waals surface area (Å²) >= 11 is 0. The number of allylic oxidation sites excluding steroid dienone is 5. The average molecular weight is 401 g/mol. The van der Waals surface area contributed by atoms with E-state index < -0.39 is 5.97 Å². The van der Waals surface area contributed by atoms with E-state index >= 15 is 0 Å². The van der Waals surface area contributed by atoms with Gasteiger partial charge in [0.2, 0.25) is 0 Å². The van der Waals surface area contributed by atoms with Crippen LogP contribution in [0.3, 0.4) is 0 Å². The molecule has 0 radical (unpaired) electrons. The fraction of sp³-hybridized carbons (Fsp3) is 0.333. The maximum absolute atomic E-state index is 9.26. The number of hydrogen-bond donors (Lipinski definition) is 3. The lowest BCUT2D eigenvalue weighted by molar-refractivity contribution is -0.309. The van der Waals surface area contributed by atoms with E-state index in [0.717, 1.165) is 17.9 Å². The summed E-state index contributed by atoms with van der Waals surface area (Å²) in [4.78, 5) is 0. The van der Waals surface area contributed by atoms with E-state index in [2.05, 4.69) is 42.5 Å². The first kappa shape index (κ1) is 19.5. The lowest BCUT2D eigenvalue weighted by Crippen LogP contribution is -2.29. The summed E-state index contributed by atoms with van der Waals surface area (Å²) in [6.45, 7) is 0. The fourth-order valence-corrected chi connectivity index (χ4v) is 5.32. The molecule has 2 aromatic carbocycles. The maximum atomic E-state index is 9.26. The lowest BCUT2D eigenvalue weighted by Gasteiger charge is -2.18. The van der Waals surface area contributed by atoms with Crippen LogP contribution in [0, 0.1) is 5.92 Å². The van der Waals surface area contributed by atoms with Crippen molar-refractivity contribution in [2.45, 2.75) is 50.4 Å². The summed E-state index contributed by atoms with van der Waals surface area (Å²) in [5.74, 6) is -1.27. The minimum atomic E-state index is -2.68. The zero-order chi connectivity index (χ0) is 20.7. The zero-order valence-corrected chi connectivity index (χ0v) is 17.1. The van der Waals surface area contributed by atoms with E-state index in [1.54, 1.807) is 6.07 Å². The first-order chi connectivity index (χ1) is 14.5. The van der Waals surface area contributed by atoms with Crippen molar-refractivity contribution in [1.29, 1.82) is 0 Å². The van der Waals surface area contributed by atoms with Crippen molar-refractivity contribution >= 4 is 17.2 Å². The molecule has 154 valence electrons. The summed E-state index contributed by atoms with van der Waals surface area (Å²) in [6.07, 6.45) is 15.3. The standard InChI is InChI=1S/C27H28O3/c28-27(29,30)17-18-4-3-7-20(14-18)21-8-9-22(15-21)23-10-12-26-24(16-23)11-13-25(26)19-5-1-2-6-19/h3-4,7,9-16,19,25,28-30H,1-2,5-6,8,17H2. The monoisotopic (exact) mass is 400 g/mol. The molecule has 1 fully saturated rings. The molecule has 1 atom stereocenters. The quantitative estimate of drug-likeness (QED) is 0.617. The van der Waals surface area contributed by atoms with Gasteiger partial charge in [0.1, 0.15) is 0 Å². The smallest absolute Gasteiger partial charge is 0.279 e. The predicted molar refractivity (Wildman–Crippen MR) is 120 cm³/mol. The van der Waals surface area contributed by atoms with Gasteiger partial charge >= 0.3 is 0 Å². The molecule has 1 unspecified atom stereocenters. The normalized spacial score (nSPS) is 21.1. The van der Waals surface area contributed by atoms with Gasteiger partial charge in [0, 0.05) is 5.92 Å².